The van der Waals surface area contributed by atoms with Crippen LogP contribution in [0.1, 0.15) is 42.5 Å². The second-order valence-corrected chi connectivity index (χ2v) is 8.25. The molecule has 140 valence electrons. The van der Waals surface area contributed by atoms with Crippen molar-refractivity contribution in [3.05, 3.63) is 42.0 Å². The number of allylic oxidation sites excluding steroid dienone is 2. The summed E-state index contributed by atoms with van der Waals surface area (Å²) in [6.07, 6.45) is 9.55. The zero-order chi connectivity index (χ0) is 18.5. The average Bonchev–Trinajstić information content (AvgIpc) is 3.02. The van der Waals surface area contributed by atoms with Crippen LogP contribution >= 0.6 is 0 Å². The van der Waals surface area contributed by atoms with Crippen LogP contribution in [0.2, 0.25) is 0 Å². The molecule has 0 radical (unpaired) electrons. The zero-order valence-corrected chi connectivity index (χ0v) is 15.3. The van der Waals surface area contributed by atoms with Crippen LogP contribution < -0.4 is 4.90 Å². The summed E-state index contributed by atoms with van der Waals surface area (Å²) in [4.78, 5) is 41.9. The van der Waals surface area contributed by atoms with Gasteiger partial charge in [-0.3, -0.25) is 19.3 Å². The predicted molar refractivity (Wildman–Crippen MR) is 101 cm³/mol. The molecule has 3 amide bonds. The van der Waals surface area contributed by atoms with Crippen molar-refractivity contribution in [1.29, 1.82) is 0 Å². The third kappa shape index (κ3) is 2.55. The number of fused-ring (bicyclic) bond motifs is 1. The van der Waals surface area contributed by atoms with Crippen LogP contribution in [0.3, 0.4) is 0 Å². The van der Waals surface area contributed by atoms with Gasteiger partial charge in [-0.15, -0.1) is 0 Å². The highest BCUT2D eigenvalue weighted by molar-refractivity contribution is 6.22. The fourth-order valence-electron chi connectivity index (χ4n) is 5.36. The Morgan fingerprint density at radius 1 is 0.815 bits per heavy atom. The topological polar surface area (TPSA) is 57.7 Å². The van der Waals surface area contributed by atoms with Gasteiger partial charge in [0.25, 0.3) is 5.91 Å². The van der Waals surface area contributed by atoms with E-state index < -0.39 is 0 Å². The van der Waals surface area contributed by atoms with E-state index >= 15 is 0 Å². The molecule has 1 aromatic carbocycles. The van der Waals surface area contributed by atoms with Crippen molar-refractivity contribution in [2.24, 2.45) is 23.7 Å². The minimum absolute atomic E-state index is 0.0382. The SMILES string of the molecule is O=C(c1ccc(N2C(=O)C3C4C=CC(CC4)C3C2=O)cc1)N1CCCCC1. The Morgan fingerprint density at radius 3 is 1.89 bits per heavy atom. The summed E-state index contributed by atoms with van der Waals surface area (Å²) in [7, 11) is 0. The summed E-state index contributed by atoms with van der Waals surface area (Å²) in [5, 5.41) is 0. The number of nitrogens with zero attached hydrogens (tertiary/aromatic N) is 2. The Hall–Kier alpha value is -2.43. The summed E-state index contributed by atoms with van der Waals surface area (Å²) in [5.74, 6) is -0.107. The van der Waals surface area contributed by atoms with Gasteiger partial charge in [-0.05, 0) is 68.2 Å². The molecule has 4 unspecified atom stereocenters. The van der Waals surface area contributed by atoms with Crippen LogP contribution in [0, 0.1) is 23.7 Å². The molecule has 0 N–H and O–H groups in total. The molecule has 3 fully saturated rings. The van der Waals surface area contributed by atoms with Crippen molar-refractivity contribution in [3.8, 4) is 0 Å². The van der Waals surface area contributed by atoms with Gasteiger partial charge in [0.1, 0.15) is 0 Å². The van der Waals surface area contributed by atoms with E-state index in [1.54, 1.807) is 24.3 Å². The lowest BCUT2D eigenvalue weighted by Crippen LogP contribution is -2.38. The van der Waals surface area contributed by atoms with Crippen molar-refractivity contribution in [1.82, 2.24) is 4.90 Å². The molecule has 5 nitrogen and oxygen atoms in total. The number of anilines is 1. The Kier molecular flexibility index (Phi) is 3.92. The number of carbonyl (C=O) groups excluding carboxylic acids is 3. The smallest absolute Gasteiger partial charge is 0.253 e. The van der Waals surface area contributed by atoms with E-state index in [1.165, 1.54) is 11.3 Å². The van der Waals surface area contributed by atoms with Gasteiger partial charge < -0.3 is 4.90 Å². The lowest BCUT2D eigenvalue weighted by molar-refractivity contribution is -0.124. The van der Waals surface area contributed by atoms with Gasteiger partial charge in [0.2, 0.25) is 11.8 Å². The normalized spacial score (nSPS) is 32.1. The molecule has 2 bridgehead atoms. The van der Waals surface area contributed by atoms with Crippen molar-refractivity contribution in [2.45, 2.75) is 32.1 Å². The molecular formula is C22H24N2O3. The van der Waals surface area contributed by atoms with Crippen LogP contribution in [0.25, 0.3) is 0 Å². The lowest BCUT2D eigenvalue weighted by Gasteiger charge is -2.38. The standard InChI is InChI=1S/C22H24N2O3/c25-20(23-12-2-1-3-13-23)16-8-10-17(11-9-16)24-21(26)18-14-4-5-15(7-6-14)19(18)22(24)27/h4-5,8-11,14-15,18-19H,1-3,6-7,12-13H2. The first kappa shape index (κ1) is 16.7. The average molecular weight is 364 g/mol. The number of benzene rings is 1. The molecule has 5 heteroatoms. The van der Waals surface area contributed by atoms with Crippen molar-refractivity contribution < 1.29 is 14.4 Å². The molecule has 2 heterocycles. The molecule has 1 aromatic rings. The third-order valence-electron chi connectivity index (χ3n) is 6.78. The van der Waals surface area contributed by atoms with E-state index in [4.69, 9.17) is 0 Å². The first-order valence-corrected chi connectivity index (χ1v) is 10.1. The Bertz CT molecular complexity index is 790. The van der Waals surface area contributed by atoms with Gasteiger partial charge in [-0.1, -0.05) is 12.2 Å². The van der Waals surface area contributed by atoms with E-state index in [9.17, 15) is 14.4 Å². The van der Waals surface area contributed by atoms with E-state index in [0.29, 0.717) is 11.3 Å². The van der Waals surface area contributed by atoms with Gasteiger partial charge in [-0.25, -0.2) is 0 Å². The number of rotatable bonds is 2. The van der Waals surface area contributed by atoms with Crippen molar-refractivity contribution in [3.63, 3.8) is 0 Å². The predicted octanol–water partition coefficient (Wildman–Crippen LogP) is 3.01. The molecule has 4 atom stereocenters. The summed E-state index contributed by atoms with van der Waals surface area (Å²) in [6, 6.07) is 7.00. The van der Waals surface area contributed by atoms with E-state index in [1.807, 2.05) is 4.90 Å². The van der Waals surface area contributed by atoms with Gasteiger partial charge in [0.05, 0.1) is 17.5 Å². The van der Waals surface area contributed by atoms with E-state index in [2.05, 4.69) is 12.2 Å². The highest BCUT2D eigenvalue weighted by Crippen LogP contribution is 2.50. The van der Waals surface area contributed by atoms with Gasteiger partial charge in [-0.2, -0.15) is 0 Å². The van der Waals surface area contributed by atoms with Gasteiger partial charge in [0, 0.05) is 18.7 Å². The van der Waals surface area contributed by atoms with Gasteiger partial charge in [0.15, 0.2) is 0 Å². The Labute approximate surface area is 159 Å². The minimum atomic E-state index is -0.198. The number of likely N-dealkylation sites (tertiary alicyclic amines) is 1. The monoisotopic (exact) mass is 364 g/mol. The maximum atomic E-state index is 13.0. The highest BCUT2D eigenvalue weighted by Gasteiger charge is 2.56. The molecular weight excluding hydrogens is 340 g/mol. The van der Waals surface area contributed by atoms with Crippen LogP contribution in [0.15, 0.2) is 36.4 Å². The van der Waals surface area contributed by atoms with Crippen molar-refractivity contribution >= 4 is 23.4 Å². The summed E-state index contributed by atoms with van der Waals surface area (Å²) in [6.45, 7) is 1.62. The van der Waals surface area contributed by atoms with E-state index in [0.717, 1.165) is 38.8 Å². The van der Waals surface area contributed by atoms with Crippen molar-refractivity contribution in [2.75, 3.05) is 18.0 Å². The largest absolute Gasteiger partial charge is 0.339 e. The number of hydrogen-bond acceptors (Lipinski definition) is 3. The quantitative estimate of drug-likeness (QED) is 0.599. The summed E-state index contributed by atoms with van der Waals surface area (Å²) < 4.78 is 0. The maximum Gasteiger partial charge on any atom is 0.253 e. The lowest BCUT2D eigenvalue weighted by atomic mass is 9.63. The molecule has 0 spiro atoms. The number of amides is 3. The zero-order valence-electron chi connectivity index (χ0n) is 15.3. The van der Waals surface area contributed by atoms with Gasteiger partial charge >= 0.3 is 0 Å². The molecule has 1 saturated carbocycles. The molecule has 6 rings (SSSR count). The third-order valence-corrected chi connectivity index (χ3v) is 6.78. The fraction of sp³-hybridized carbons (Fsp3) is 0.500. The van der Waals surface area contributed by atoms with Crippen LogP contribution in [0.5, 0.6) is 0 Å². The first-order chi connectivity index (χ1) is 13.1. The molecule has 3 aliphatic carbocycles. The van der Waals surface area contributed by atoms with E-state index in [-0.39, 0.29) is 41.4 Å². The molecule has 27 heavy (non-hydrogen) atoms. The molecule has 5 aliphatic rings. The number of piperidine rings is 1. The number of imide groups is 1. The maximum absolute atomic E-state index is 13.0. The fourth-order valence-corrected chi connectivity index (χ4v) is 5.36. The van der Waals surface area contributed by atoms with Crippen LogP contribution in [-0.4, -0.2) is 35.7 Å². The first-order valence-electron chi connectivity index (χ1n) is 10.1. The second kappa shape index (κ2) is 6.32. The second-order valence-electron chi connectivity index (χ2n) is 8.25. The summed E-state index contributed by atoms with van der Waals surface area (Å²) >= 11 is 0. The molecule has 2 saturated heterocycles. The molecule has 2 aliphatic heterocycles. The Balaban J connectivity index is 1.38. The number of carbonyl (C=O) groups is 3. The van der Waals surface area contributed by atoms with Crippen LogP contribution in [-0.2, 0) is 9.59 Å². The Morgan fingerprint density at radius 2 is 1.37 bits per heavy atom. The summed E-state index contributed by atoms with van der Waals surface area (Å²) in [5.41, 5.74) is 1.22. The minimum Gasteiger partial charge on any atom is -0.339 e. The highest BCUT2D eigenvalue weighted by atomic mass is 16.2. The number of hydrogen-bond donors (Lipinski definition) is 0. The molecule has 0 aromatic heterocycles. The van der Waals surface area contributed by atoms with Crippen LogP contribution in [0.4, 0.5) is 5.69 Å².